The zero-order valence-corrected chi connectivity index (χ0v) is 24.8. The maximum atomic E-state index is 13.8. The van der Waals surface area contributed by atoms with E-state index in [0.717, 1.165) is 25.7 Å². The lowest BCUT2D eigenvalue weighted by Gasteiger charge is -2.34. The second-order valence-electron chi connectivity index (χ2n) is 10.6. The number of nitrogen functional groups attached to an aromatic ring is 1. The Hall–Kier alpha value is -3.77. The Bertz CT molecular complexity index is 1370. The minimum atomic E-state index is -3.93. The molecule has 1 aliphatic heterocycles. The number of anilines is 1. The van der Waals surface area contributed by atoms with Crippen LogP contribution < -0.4 is 16.8 Å². The fraction of sp³-hybridized carbons (Fsp3) is 0.467. The molecule has 2 aromatic carbocycles. The third-order valence-corrected chi connectivity index (χ3v) is 9.30. The average molecular weight is 600 g/mol. The van der Waals surface area contributed by atoms with E-state index in [-0.39, 0.29) is 47.9 Å². The van der Waals surface area contributed by atoms with Gasteiger partial charge in [0.1, 0.15) is 5.84 Å². The number of nitrogens with two attached hydrogens (primary N) is 2. The van der Waals surface area contributed by atoms with Crippen molar-refractivity contribution in [2.75, 3.05) is 37.8 Å². The zero-order valence-electron chi connectivity index (χ0n) is 24.0. The molecule has 1 aliphatic rings. The molecule has 228 valence electrons. The molecule has 2 amide bonds. The standard InChI is InChI=1S/C30H41N5O6S/c1-41-28(37)10-3-5-21-12-15-35(16-13-21)30(38)24(18-22-6-2-7-23(17-22)29(32)33)20-42(39,40)26-9-4-8-25(19-26)34-27(36)11-14-31/h2,4,6-9,17,19,21,24H,3,5,10-16,18,20,31H2,1H3,(H3,32,33)(H,34,36)/t24-/m1/s1. The lowest BCUT2D eigenvalue weighted by Crippen LogP contribution is -2.44. The van der Waals surface area contributed by atoms with E-state index in [2.05, 4.69) is 5.32 Å². The molecule has 42 heavy (non-hydrogen) atoms. The summed E-state index contributed by atoms with van der Waals surface area (Å²) in [6.45, 7) is 1.19. The number of benzene rings is 2. The molecule has 3 rings (SSSR count). The second-order valence-corrected chi connectivity index (χ2v) is 12.7. The first-order valence-corrected chi connectivity index (χ1v) is 15.8. The Kier molecular flexibility index (Phi) is 12.0. The van der Waals surface area contributed by atoms with Crippen molar-refractivity contribution in [3.05, 3.63) is 59.7 Å². The average Bonchev–Trinajstić information content (AvgIpc) is 2.97. The van der Waals surface area contributed by atoms with Gasteiger partial charge in [0.05, 0.1) is 23.7 Å². The monoisotopic (exact) mass is 599 g/mol. The van der Waals surface area contributed by atoms with Crippen LogP contribution in [-0.2, 0) is 35.4 Å². The number of nitrogens with one attached hydrogen (secondary N) is 2. The first-order chi connectivity index (χ1) is 20.0. The molecule has 0 bridgehead atoms. The molecule has 11 nitrogen and oxygen atoms in total. The van der Waals surface area contributed by atoms with Gasteiger partial charge in [-0.15, -0.1) is 0 Å². The van der Waals surface area contributed by atoms with E-state index in [4.69, 9.17) is 21.6 Å². The molecular formula is C30H41N5O6S. The van der Waals surface area contributed by atoms with Crippen molar-refractivity contribution >= 4 is 39.1 Å². The van der Waals surface area contributed by atoms with Gasteiger partial charge in [-0.3, -0.25) is 19.8 Å². The van der Waals surface area contributed by atoms with Crippen LogP contribution >= 0.6 is 0 Å². The molecule has 0 unspecified atom stereocenters. The highest BCUT2D eigenvalue weighted by atomic mass is 32.2. The highest BCUT2D eigenvalue weighted by Crippen LogP contribution is 2.27. The van der Waals surface area contributed by atoms with Gasteiger partial charge in [0.15, 0.2) is 9.84 Å². The molecule has 0 aromatic heterocycles. The highest BCUT2D eigenvalue weighted by molar-refractivity contribution is 7.91. The molecule has 0 saturated carbocycles. The number of esters is 1. The summed E-state index contributed by atoms with van der Waals surface area (Å²) in [4.78, 5) is 39.0. The number of amides is 2. The summed E-state index contributed by atoms with van der Waals surface area (Å²) in [5, 5.41) is 10.4. The zero-order chi connectivity index (χ0) is 30.7. The van der Waals surface area contributed by atoms with Gasteiger partial charge < -0.3 is 26.4 Å². The summed E-state index contributed by atoms with van der Waals surface area (Å²) in [5.41, 5.74) is 12.6. The predicted molar refractivity (Wildman–Crippen MR) is 161 cm³/mol. The Balaban J connectivity index is 1.78. The van der Waals surface area contributed by atoms with Crippen LogP contribution in [0.4, 0.5) is 5.69 Å². The van der Waals surface area contributed by atoms with E-state index < -0.39 is 21.5 Å². The SMILES string of the molecule is COC(=O)CCCC1CCN(C(=O)[C@H](Cc2cccc(C(=N)N)c2)CS(=O)(=O)c2cccc(NC(=O)CCN)c2)CC1. The third-order valence-electron chi connectivity index (χ3n) is 7.49. The van der Waals surface area contributed by atoms with Gasteiger partial charge in [-0.1, -0.05) is 24.3 Å². The molecule has 12 heteroatoms. The van der Waals surface area contributed by atoms with Gasteiger partial charge in [-0.05, 0) is 67.9 Å². The van der Waals surface area contributed by atoms with Crippen molar-refractivity contribution in [2.45, 2.75) is 49.8 Å². The number of carbonyl (C=O) groups excluding carboxylic acids is 3. The Morgan fingerprint density at radius 2 is 1.81 bits per heavy atom. The Morgan fingerprint density at radius 1 is 1.10 bits per heavy atom. The molecule has 6 N–H and O–H groups in total. The van der Waals surface area contributed by atoms with Crippen LogP contribution in [0, 0.1) is 17.2 Å². The van der Waals surface area contributed by atoms with Crippen molar-refractivity contribution < 1.29 is 27.5 Å². The maximum absolute atomic E-state index is 13.8. The molecular weight excluding hydrogens is 558 g/mol. The van der Waals surface area contributed by atoms with Gasteiger partial charge in [0.2, 0.25) is 11.8 Å². The number of piperidine rings is 1. The first-order valence-electron chi connectivity index (χ1n) is 14.1. The number of hydrogen-bond acceptors (Lipinski definition) is 8. The van der Waals surface area contributed by atoms with Crippen LogP contribution in [0.2, 0.25) is 0 Å². The molecule has 1 fully saturated rings. The highest BCUT2D eigenvalue weighted by Gasteiger charge is 2.32. The smallest absolute Gasteiger partial charge is 0.305 e. The molecule has 2 aromatic rings. The summed E-state index contributed by atoms with van der Waals surface area (Å²) in [6.07, 6.45) is 3.77. The van der Waals surface area contributed by atoms with Crippen molar-refractivity contribution in [1.82, 2.24) is 4.90 Å². The fourth-order valence-electron chi connectivity index (χ4n) is 5.19. The van der Waals surface area contributed by atoms with Crippen molar-refractivity contribution in [3.63, 3.8) is 0 Å². The summed E-state index contributed by atoms with van der Waals surface area (Å²) in [5.74, 6) is -1.82. The van der Waals surface area contributed by atoms with Crippen LogP contribution in [0.25, 0.3) is 0 Å². The topological polar surface area (TPSA) is 186 Å². The van der Waals surface area contributed by atoms with Crippen LogP contribution in [-0.4, -0.2) is 69.4 Å². The number of rotatable bonds is 14. The van der Waals surface area contributed by atoms with Crippen LogP contribution in [0.3, 0.4) is 0 Å². The molecule has 0 aliphatic carbocycles. The lowest BCUT2D eigenvalue weighted by atomic mass is 9.90. The third kappa shape index (κ3) is 9.66. The van der Waals surface area contributed by atoms with Gasteiger partial charge in [0, 0.05) is 43.7 Å². The summed E-state index contributed by atoms with van der Waals surface area (Å²) >= 11 is 0. The van der Waals surface area contributed by atoms with Gasteiger partial charge >= 0.3 is 5.97 Å². The number of nitrogens with zero attached hydrogens (tertiary/aromatic N) is 1. The normalized spacial score (nSPS) is 14.7. The number of sulfone groups is 1. The number of methoxy groups -OCH3 is 1. The van der Waals surface area contributed by atoms with Crippen molar-refractivity contribution in [3.8, 4) is 0 Å². The van der Waals surface area contributed by atoms with Crippen LogP contribution in [0.5, 0.6) is 0 Å². The molecule has 1 heterocycles. The molecule has 1 saturated heterocycles. The number of ether oxygens (including phenoxy) is 1. The summed E-state index contributed by atoms with van der Waals surface area (Å²) in [6, 6.07) is 12.9. The summed E-state index contributed by atoms with van der Waals surface area (Å²) < 4.78 is 31.9. The minimum absolute atomic E-state index is 0.00708. The summed E-state index contributed by atoms with van der Waals surface area (Å²) in [7, 11) is -2.56. The van der Waals surface area contributed by atoms with Gasteiger partial charge in [0.25, 0.3) is 0 Å². The van der Waals surface area contributed by atoms with E-state index in [1.54, 1.807) is 41.3 Å². The van der Waals surface area contributed by atoms with E-state index >= 15 is 0 Å². The van der Waals surface area contributed by atoms with E-state index in [0.29, 0.717) is 42.2 Å². The quantitative estimate of drug-likeness (QED) is 0.145. The first kappa shape index (κ1) is 32.7. The van der Waals surface area contributed by atoms with Crippen LogP contribution in [0.1, 0.15) is 49.7 Å². The number of amidine groups is 1. The van der Waals surface area contributed by atoms with E-state index in [1.807, 2.05) is 0 Å². The Labute approximate surface area is 247 Å². The molecule has 0 radical (unpaired) electrons. The molecule has 1 atom stereocenters. The van der Waals surface area contributed by atoms with E-state index in [1.165, 1.54) is 19.2 Å². The maximum Gasteiger partial charge on any atom is 0.305 e. The minimum Gasteiger partial charge on any atom is -0.469 e. The number of hydrogen-bond donors (Lipinski definition) is 4. The van der Waals surface area contributed by atoms with Gasteiger partial charge in [-0.2, -0.15) is 0 Å². The lowest BCUT2D eigenvalue weighted by molar-refractivity contribution is -0.140. The Morgan fingerprint density at radius 3 is 2.48 bits per heavy atom. The number of likely N-dealkylation sites (tertiary alicyclic amines) is 1. The van der Waals surface area contributed by atoms with Gasteiger partial charge in [-0.25, -0.2) is 8.42 Å². The number of carbonyl (C=O) groups is 3. The predicted octanol–water partition coefficient (Wildman–Crippen LogP) is 2.47. The van der Waals surface area contributed by atoms with E-state index in [9.17, 15) is 22.8 Å². The van der Waals surface area contributed by atoms with Crippen LogP contribution in [0.15, 0.2) is 53.4 Å². The second kappa shape index (κ2) is 15.5. The molecule has 0 spiro atoms. The van der Waals surface area contributed by atoms with Crippen molar-refractivity contribution in [1.29, 1.82) is 5.41 Å². The fourth-order valence-corrected chi connectivity index (χ4v) is 6.76. The van der Waals surface area contributed by atoms with Crippen molar-refractivity contribution in [2.24, 2.45) is 23.3 Å². The largest absolute Gasteiger partial charge is 0.469 e.